The Kier molecular flexibility index (Phi) is 6.40. The molecule has 0 saturated carbocycles. The van der Waals surface area contributed by atoms with E-state index < -0.39 is 30.1 Å². The van der Waals surface area contributed by atoms with Crippen LogP contribution in [0.15, 0.2) is 24.3 Å². The number of esters is 1. The van der Waals surface area contributed by atoms with E-state index in [0.29, 0.717) is 34.0 Å². The maximum Gasteiger partial charge on any atom is 0.410 e. The molecule has 1 aliphatic carbocycles. The Morgan fingerprint density at radius 3 is 2.79 bits per heavy atom. The number of nitrogens with zero attached hydrogens (tertiary/aromatic N) is 2. The number of amides is 1. The molecule has 9 nitrogen and oxygen atoms in total. The lowest BCUT2D eigenvalue weighted by Crippen LogP contribution is -2.35. The van der Waals surface area contributed by atoms with Crippen LogP contribution in [0.3, 0.4) is 0 Å². The number of carbonyl (C=O) groups excluding carboxylic acids is 2. The van der Waals surface area contributed by atoms with Crippen LogP contribution in [0.2, 0.25) is 0 Å². The Morgan fingerprint density at radius 1 is 1.21 bits per heavy atom. The molecule has 2 atom stereocenters. The fourth-order valence-electron chi connectivity index (χ4n) is 5.27. The van der Waals surface area contributed by atoms with E-state index in [9.17, 15) is 22.8 Å². The van der Waals surface area contributed by atoms with Crippen molar-refractivity contribution < 1.29 is 37.0 Å². The standard InChI is InChI=1S/C26H25F3N4O5S/c1-2-36-25(35)22-14-5-3-4-6-19(14)39-24(22)31-23(34)16-11-21-30-15(10-20(26(27,28)29)33(21)32-16)13-7-8-17-18(9-13)38-12-37-17/h7-9,11,15,20,30H,2-6,10,12H2,1H3,(H,31,34)/t15-,20-/m0/s1. The molecule has 13 heteroatoms. The van der Waals surface area contributed by atoms with Gasteiger partial charge in [-0.05, 0) is 55.9 Å². The van der Waals surface area contributed by atoms with E-state index in [1.807, 2.05) is 0 Å². The van der Waals surface area contributed by atoms with Crippen LogP contribution in [0.1, 0.15) is 75.1 Å². The predicted octanol–water partition coefficient (Wildman–Crippen LogP) is 5.64. The minimum absolute atomic E-state index is 0.0540. The number of rotatable bonds is 5. The molecule has 0 unspecified atom stereocenters. The molecule has 6 rings (SSSR count). The summed E-state index contributed by atoms with van der Waals surface area (Å²) in [4.78, 5) is 27.0. The first kappa shape index (κ1) is 25.5. The first-order valence-electron chi connectivity index (χ1n) is 12.7. The predicted molar refractivity (Wildman–Crippen MR) is 136 cm³/mol. The summed E-state index contributed by atoms with van der Waals surface area (Å²) in [7, 11) is 0. The Bertz CT molecular complexity index is 1450. The van der Waals surface area contributed by atoms with E-state index in [1.165, 1.54) is 17.4 Å². The van der Waals surface area contributed by atoms with E-state index in [-0.39, 0.29) is 31.3 Å². The second kappa shape index (κ2) is 9.78. The number of carbonyl (C=O) groups is 2. The molecule has 39 heavy (non-hydrogen) atoms. The van der Waals surface area contributed by atoms with Gasteiger partial charge in [-0.25, -0.2) is 9.48 Å². The number of hydrogen-bond acceptors (Lipinski definition) is 8. The lowest BCUT2D eigenvalue weighted by molar-refractivity contribution is -0.173. The third-order valence-electron chi connectivity index (χ3n) is 7.10. The molecule has 0 spiro atoms. The van der Waals surface area contributed by atoms with Gasteiger partial charge in [0, 0.05) is 17.4 Å². The summed E-state index contributed by atoms with van der Waals surface area (Å²) in [5.74, 6) is -0.172. The van der Waals surface area contributed by atoms with E-state index >= 15 is 0 Å². The lowest BCUT2D eigenvalue weighted by atomic mass is 9.95. The zero-order valence-electron chi connectivity index (χ0n) is 20.9. The normalized spacial score (nSPS) is 19.6. The molecule has 0 saturated heterocycles. The molecule has 0 radical (unpaired) electrons. The van der Waals surface area contributed by atoms with Crippen LogP contribution < -0.4 is 20.1 Å². The molecule has 3 aromatic rings. The molecule has 4 heterocycles. The van der Waals surface area contributed by atoms with Crippen LogP contribution in [-0.2, 0) is 17.6 Å². The molecule has 2 N–H and O–H groups in total. The summed E-state index contributed by atoms with van der Waals surface area (Å²) < 4.78 is 59.2. The average molecular weight is 563 g/mol. The van der Waals surface area contributed by atoms with E-state index in [1.54, 1.807) is 25.1 Å². The second-order valence-corrected chi connectivity index (χ2v) is 10.7. The molecule has 206 valence electrons. The van der Waals surface area contributed by atoms with Gasteiger partial charge in [0.15, 0.2) is 23.2 Å². The summed E-state index contributed by atoms with van der Waals surface area (Å²) in [5.41, 5.74) is 1.59. The number of fused-ring (bicyclic) bond motifs is 3. The summed E-state index contributed by atoms with van der Waals surface area (Å²) >= 11 is 1.30. The maximum absolute atomic E-state index is 14.1. The van der Waals surface area contributed by atoms with Gasteiger partial charge in [0.1, 0.15) is 10.8 Å². The highest BCUT2D eigenvalue weighted by Gasteiger charge is 2.47. The number of alkyl halides is 3. The highest BCUT2D eigenvalue weighted by Crippen LogP contribution is 2.45. The van der Waals surface area contributed by atoms with Crippen LogP contribution >= 0.6 is 11.3 Å². The zero-order chi connectivity index (χ0) is 27.3. The summed E-state index contributed by atoms with van der Waals surface area (Å²) in [6.07, 6.45) is -1.54. The molecule has 2 aliphatic heterocycles. The first-order chi connectivity index (χ1) is 18.7. The van der Waals surface area contributed by atoms with Crippen molar-refractivity contribution in [3.05, 3.63) is 51.5 Å². The zero-order valence-corrected chi connectivity index (χ0v) is 21.7. The largest absolute Gasteiger partial charge is 0.462 e. The van der Waals surface area contributed by atoms with Gasteiger partial charge >= 0.3 is 12.1 Å². The smallest absolute Gasteiger partial charge is 0.410 e. The number of ether oxygens (including phenoxy) is 3. The number of halogens is 3. The Labute approximate surface area is 225 Å². The molecule has 0 fully saturated rings. The fourth-order valence-corrected chi connectivity index (χ4v) is 6.55. The van der Waals surface area contributed by atoms with E-state index in [2.05, 4.69) is 15.7 Å². The molecule has 3 aliphatic rings. The van der Waals surface area contributed by atoms with Gasteiger partial charge in [0.05, 0.1) is 18.2 Å². The molecule has 0 bridgehead atoms. The SMILES string of the molecule is CCOC(=O)c1c(NC(=O)c2cc3n(n2)[C@H](C(F)(F)F)C[C@@H](c2ccc4c(c2)OCO4)N3)sc2c1CCCC2. The van der Waals surface area contributed by atoms with Crippen LogP contribution in [0.25, 0.3) is 0 Å². The molecule has 2 aromatic heterocycles. The van der Waals surface area contributed by atoms with E-state index in [0.717, 1.165) is 34.4 Å². The fraction of sp³-hybridized carbons (Fsp3) is 0.423. The molecular weight excluding hydrogens is 537 g/mol. The number of anilines is 2. The summed E-state index contributed by atoms with van der Waals surface area (Å²) in [6, 6.07) is 3.65. The molecule has 1 aromatic carbocycles. The summed E-state index contributed by atoms with van der Waals surface area (Å²) in [5, 5.41) is 10.2. The first-order valence-corrected chi connectivity index (χ1v) is 13.5. The van der Waals surface area contributed by atoms with Crippen molar-refractivity contribution in [3.63, 3.8) is 0 Å². The number of aryl methyl sites for hydroxylation is 1. The van der Waals surface area contributed by atoms with Crippen molar-refractivity contribution >= 4 is 34.0 Å². The Balaban J connectivity index is 1.30. The van der Waals surface area contributed by atoms with Gasteiger partial charge < -0.3 is 24.8 Å². The lowest BCUT2D eigenvalue weighted by Gasteiger charge is -2.33. The van der Waals surface area contributed by atoms with Crippen LogP contribution in [0.4, 0.5) is 24.0 Å². The van der Waals surface area contributed by atoms with Crippen molar-refractivity contribution in [1.29, 1.82) is 0 Å². The topological polar surface area (TPSA) is 104 Å². The van der Waals surface area contributed by atoms with Crippen molar-refractivity contribution in [3.8, 4) is 11.5 Å². The summed E-state index contributed by atoms with van der Waals surface area (Å²) in [6.45, 7) is 1.93. The molecular formula is C26H25F3N4O5S. The Hall–Kier alpha value is -3.74. The van der Waals surface area contributed by atoms with Crippen molar-refractivity contribution in [1.82, 2.24) is 9.78 Å². The minimum Gasteiger partial charge on any atom is -0.462 e. The van der Waals surface area contributed by atoms with Crippen molar-refractivity contribution in [2.45, 2.75) is 57.3 Å². The quantitative estimate of drug-likeness (QED) is 0.388. The third-order valence-corrected chi connectivity index (χ3v) is 8.31. The van der Waals surface area contributed by atoms with E-state index in [4.69, 9.17) is 14.2 Å². The van der Waals surface area contributed by atoms with Gasteiger partial charge in [0.2, 0.25) is 6.79 Å². The number of hydrogen-bond donors (Lipinski definition) is 2. The van der Waals surface area contributed by atoms with Gasteiger partial charge in [-0.1, -0.05) is 6.07 Å². The van der Waals surface area contributed by atoms with Gasteiger partial charge in [-0.2, -0.15) is 18.3 Å². The Morgan fingerprint density at radius 2 is 2.00 bits per heavy atom. The number of nitrogens with one attached hydrogen (secondary N) is 2. The monoisotopic (exact) mass is 562 g/mol. The molecule has 1 amide bonds. The van der Waals surface area contributed by atoms with Gasteiger partial charge in [-0.3, -0.25) is 4.79 Å². The number of benzene rings is 1. The minimum atomic E-state index is -4.60. The maximum atomic E-state index is 14.1. The van der Waals surface area contributed by atoms with Crippen molar-refractivity contribution in [2.75, 3.05) is 24.0 Å². The van der Waals surface area contributed by atoms with Gasteiger partial charge in [-0.15, -0.1) is 11.3 Å². The van der Waals surface area contributed by atoms with Gasteiger partial charge in [0.25, 0.3) is 5.91 Å². The highest BCUT2D eigenvalue weighted by atomic mass is 32.1. The number of thiophene rings is 1. The highest BCUT2D eigenvalue weighted by molar-refractivity contribution is 7.17. The number of aromatic nitrogens is 2. The van der Waals surface area contributed by atoms with Crippen LogP contribution in [0, 0.1) is 0 Å². The van der Waals surface area contributed by atoms with Crippen molar-refractivity contribution in [2.24, 2.45) is 0 Å². The average Bonchev–Trinajstić information content (AvgIpc) is 3.63. The van der Waals surface area contributed by atoms with Crippen LogP contribution in [0.5, 0.6) is 11.5 Å². The second-order valence-electron chi connectivity index (χ2n) is 9.55. The third kappa shape index (κ3) is 4.68. The van der Waals surface area contributed by atoms with Crippen LogP contribution in [-0.4, -0.2) is 41.2 Å².